The highest BCUT2D eigenvalue weighted by atomic mass is 35.5. The van der Waals surface area contributed by atoms with E-state index in [1.165, 1.54) is 16.8 Å². The van der Waals surface area contributed by atoms with Crippen molar-refractivity contribution in [3.63, 3.8) is 0 Å². The van der Waals surface area contributed by atoms with Crippen LogP contribution in [0.5, 0.6) is 5.88 Å². The third-order valence-corrected chi connectivity index (χ3v) is 6.50. The quantitative estimate of drug-likeness (QED) is 0.324. The lowest BCUT2D eigenvalue weighted by Crippen LogP contribution is -2.18. The fraction of sp³-hybridized carbons (Fsp3) is 0.0435. The molecule has 5 rings (SSSR count). The molecule has 0 aliphatic carbocycles. The van der Waals surface area contributed by atoms with Crippen LogP contribution < -0.4 is 16.4 Å². The highest BCUT2D eigenvalue weighted by Crippen LogP contribution is 2.17. The van der Waals surface area contributed by atoms with Gasteiger partial charge in [0.1, 0.15) is 10.7 Å². The Kier molecular flexibility index (Phi) is 5.83. The van der Waals surface area contributed by atoms with Gasteiger partial charge in [0.05, 0.1) is 28.4 Å². The third kappa shape index (κ3) is 4.54. The SMILES string of the molecule is O=c1[nH]c(O)c(/C=c2\cnn3c(S(=O)Cc4ccccc4)cc(=Nc4cccc(Cl)c4)nc23)[nH]1. The molecule has 0 saturated carbocycles. The van der Waals surface area contributed by atoms with Crippen LogP contribution in [-0.2, 0) is 16.6 Å². The summed E-state index contributed by atoms with van der Waals surface area (Å²) in [6.07, 6.45) is 3.04. The molecule has 11 heteroatoms. The van der Waals surface area contributed by atoms with Gasteiger partial charge in [0.2, 0.25) is 5.88 Å². The molecule has 0 amide bonds. The molecule has 170 valence electrons. The zero-order chi connectivity index (χ0) is 23.7. The number of imidazole rings is 1. The van der Waals surface area contributed by atoms with Gasteiger partial charge in [-0.2, -0.15) is 5.10 Å². The van der Waals surface area contributed by atoms with E-state index < -0.39 is 16.5 Å². The Morgan fingerprint density at radius 3 is 2.68 bits per heavy atom. The van der Waals surface area contributed by atoms with Crippen LogP contribution in [0, 0.1) is 0 Å². The molecule has 0 aliphatic heterocycles. The van der Waals surface area contributed by atoms with Crippen LogP contribution in [0.1, 0.15) is 11.3 Å². The van der Waals surface area contributed by atoms with Crippen LogP contribution in [-0.4, -0.2) is 33.9 Å². The Labute approximate surface area is 199 Å². The van der Waals surface area contributed by atoms with E-state index in [2.05, 4.69) is 25.0 Å². The molecule has 3 aromatic heterocycles. The molecule has 2 aromatic carbocycles. The monoisotopic (exact) mass is 492 g/mol. The summed E-state index contributed by atoms with van der Waals surface area (Å²) in [6.45, 7) is 0. The second kappa shape index (κ2) is 9.08. The Bertz CT molecular complexity index is 1710. The van der Waals surface area contributed by atoms with Crippen molar-refractivity contribution in [2.45, 2.75) is 10.8 Å². The van der Waals surface area contributed by atoms with E-state index in [4.69, 9.17) is 11.6 Å². The Morgan fingerprint density at radius 1 is 1.12 bits per heavy atom. The normalized spacial score (nSPS) is 13.6. The van der Waals surface area contributed by atoms with E-state index in [1.54, 1.807) is 30.3 Å². The Morgan fingerprint density at radius 2 is 1.94 bits per heavy atom. The van der Waals surface area contributed by atoms with E-state index in [-0.39, 0.29) is 17.3 Å². The van der Waals surface area contributed by atoms with Gasteiger partial charge in [-0.1, -0.05) is 48.0 Å². The number of fused-ring (bicyclic) bond motifs is 1. The predicted octanol–water partition coefficient (Wildman–Crippen LogP) is 2.19. The molecule has 3 heterocycles. The molecule has 5 aromatic rings. The van der Waals surface area contributed by atoms with Crippen LogP contribution in [0.3, 0.4) is 0 Å². The third-order valence-electron chi connectivity index (χ3n) is 4.91. The van der Waals surface area contributed by atoms with Crippen molar-refractivity contribution in [3.05, 3.63) is 104 Å². The largest absolute Gasteiger partial charge is 0.493 e. The lowest BCUT2D eigenvalue weighted by Gasteiger charge is -2.05. The molecule has 1 atom stereocenters. The van der Waals surface area contributed by atoms with Crippen molar-refractivity contribution < 1.29 is 9.32 Å². The molecular formula is C23H17ClN6O3S. The van der Waals surface area contributed by atoms with Crippen molar-refractivity contribution in [1.29, 1.82) is 0 Å². The molecular weight excluding hydrogens is 476 g/mol. The fourth-order valence-electron chi connectivity index (χ4n) is 3.39. The maximum Gasteiger partial charge on any atom is 0.326 e. The van der Waals surface area contributed by atoms with Gasteiger partial charge in [-0.05, 0) is 29.8 Å². The number of aromatic hydroxyl groups is 1. The van der Waals surface area contributed by atoms with Crippen LogP contribution in [0.25, 0.3) is 11.7 Å². The number of nitrogens with one attached hydrogen (secondary N) is 2. The smallest absolute Gasteiger partial charge is 0.326 e. The zero-order valence-electron chi connectivity index (χ0n) is 17.5. The maximum atomic E-state index is 13.4. The first-order valence-electron chi connectivity index (χ1n) is 10.1. The van der Waals surface area contributed by atoms with Gasteiger partial charge in [0, 0.05) is 16.3 Å². The lowest BCUT2D eigenvalue weighted by atomic mass is 10.2. The number of hydrogen-bond acceptors (Lipinski definition) is 6. The molecule has 0 bridgehead atoms. The number of benzene rings is 2. The van der Waals surface area contributed by atoms with Gasteiger partial charge in [-0.25, -0.2) is 19.3 Å². The summed E-state index contributed by atoms with van der Waals surface area (Å²) in [5, 5.41) is 15.7. The summed E-state index contributed by atoms with van der Waals surface area (Å²) in [5.74, 6) is -0.0292. The standard InChI is InChI=1S/C23H17ClN6O3S/c24-16-7-4-8-17(10-16)26-19-11-20(34(33)13-14-5-2-1-3-6-14)30-21(28-19)15(12-25-30)9-18-22(31)29-23(32)27-18/h1-12,31H,13H2,(H2,27,29,32)/b15-9+,26-19?. The number of aromatic amines is 2. The zero-order valence-corrected chi connectivity index (χ0v) is 19.0. The minimum atomic E-state index is -1.47. The molecule has 9 nitrogen and oxygen atoms in total. The summed E-state index contributed by atoms with van der Waals surface area (Å²) in [5.41, 5.74) is 1.80. The summed E-state index contributed by atoms with van der Waals surface area (Å²) in [6, 6.07) is 18.1. The van der Waals surface area contributed by atoms with E-state index in [0.29, 0.717) is 32.1 Å². The minimum Gasteiger partial charge on any atom is -0.493 e. The predicted molar refractivity (Wildman–Crippen MR) is 128 cm³/mol. The lowest BCUT2D eigenvalue weighted by molar-refractivity contribution is 0.454. The molecule has 0 spiro atoms. The first-order valence-corrected chi connectivity index (χ1v) is 11.8. The molecule has 0 saturated heterocycles. The summed E-state index contributed by atoms with van der Waals surface area (Å²) in [4.78, 5) is 25.4. The van der Waals surface area contributed by atoms with E-state index in [0.717, 1.165) is 5.56 Å². The van der Waals surface area contributed by atoms with Gasteiger partial charge >= 0.3 is 5.69 Å². The van der Waals surface area contributed by atoms with Crippen molar-refractivity contribution in [2.24, 2.45) is 4.99 Å². The first kappa shape index (κ1) is 21.8. The summed E-state index contributed by atoms with van der Waals surface area (Å²) in [7, 11) is -1.47. The van der Waals surface area contributed by atoms with Crippen molar-refractivity contribution in [1.82, 2.24) is 24.6 Å². The maximum absolute atomic E-state index is 13.4. The number of nitrogens with zero attached hydrogens (tertiary/aromatic N) is 4. The average molecular weight is 493 g/mol. The molecule has 0 fully saturated rings. The summed E-state index contributed by atoms with van der Waals surface area (Å²) < 4.78 is 14.8. The van der Waals surface area contributed by atoms with Crippen LogP contribution in [0.15, 0.2) is 81.7 Å². The van der Waals surface area contributed by atoms with Crippen LogP contribution >= 0.6 is 11.6 Å². The summed E-state index contributed by atoms with van der Waals surface area (Å²) >= 11 is 6.09. The highest BCUT2D eigenvalue weighted by molar-refractivity contribution is 7.84. The Balaban J connectivity index is 1.71. The molecule has 1 unspecified atom stereocenters. The van der Waals surface area contributed by atoms with Gasteiger partial charge in [-0.15, -0.1) is 0 Å². The van der Waals surface area contributed by atoms with Crippen LogP contribution in [0.4, 0.5) is 5.69 Å². The number of rotatable bonds is 5. The Hall–Kier alpha value is -4.02. The number of H-pyrrole nitrogens is 2. The topological polar surface area (TPSA) is 128 Å². The van der Waals surface area contributed by atoms with Gasteiger partial charge in [-0.3, -0.25) is 9.19 Å². The van der Waals surface area contributed by atoms with Crippen molar-refractivity contribution in [3.8, 4) is 5.88 Å². The minimum absolute atomic E-state index is 0.172. The fourth-order valence-corrected chi connectivity index (χ4v) is 4.78. The van der Waals surface area contributed by atoms with Gasteiger partial charge < -0.3 is 10.1 Å². The molecule has 0 radical (unpaired) electrons. The van der Waals surface area contributed by atoms with Gasteiger partial charge in [0.25, 0.3) is 0 Å². The van der Waals surface area contributed by atoms with Gasteiger partial charge in [0.15, 0.2) is 11.1 Å². The number of hydrogen-bond donors (Lipinski definition) is 3. The average Bonchev–Trinajstić information content (AvgIpc) is 3.36. The number of aromatic nitrogens is 5. The van der Waals surface area contributed by atoms with E-state index >= 15 is 0 Å². The molecule has 34 heavy (non-hydrogen) atoms. The van der Waals surface area contributed by atoms with Crippen molar-refractivity contribution in [2.75, 3.05) is 0 Å². The number of halogens is 1. The molecule has 0 aliphatic rings. The molecule has 3 N–H and O–H groups in total. The second-order valence-electron chi connectivity index (χ2n) is 7.34. The van der Waals surface area contributed by atoms with Crippen molar-refractivity contribution >= 4 is 39.8 Å². The van der Waals surface area contributed by atoms with E-state index in [1.807, 2.05) is 30.3 Å². The van der Waals surface area contributed by atoms with Crippen LogP contribution in [0.2, 0.25) is 5.02 Å². The van der Waals surface area contributed by atoms with E-state index in [9.17, 15) is 14.1 Å². The highest BCUT2D eigenvalue weighted by Gasteiger charge is 2.14. The second-order valence-corrected chi connectivity index (χ2v) is 9.18. The first-order chi connectivity index (χ1) is 16.5.